The van der Waals surface area contributed by atoms with Gasteiger partial charge >= 0.3 is 0 Å². The maximum atomic E-state index is 5.88. The standard InChI is InChI=1S/C15H24O/c1-12-7-5-9-14(2,3)11-13-15(4,16-13)10-6-8-12/h5,8-9,13H,6-7,10-11H2,1-4H3/b9-5+,12-8-/t13-,15+/m0/s1. The summed E-state index contributed by atoms with van der Waals surface area (Å²) >= 11 is 0. The molecule has 0 saturated carbocycles. The Kier molecular flexibility index (Phi) is 3.00. The Labute approximate surface area is 99.6 Å². The first-order valence-electron chi connectivity index (χ1n) is 6.42. The van der Waals surface area contributed by atoms with E-state index in [1.807, 2.05) is 0 Å². The Hall–Kier alpha value is -0.560. The number of ether oxygens (including phenoxy) is 1. The van der Waals surface area contributed by atoms with Crippen LogP contribution in [0.1, 0.15) is 53.4 Å². The molecule has 0 aromatic heterocycles. The normalized spacial score (nSPS) is 43.5. The third kappa shape index (κ3) is 2.76. The fraction of sp³-hybridized carbons (Fsp3) is 0.733. The van der Waals surface area contributed by atoms with Crippen LogP contribution in [0.15, 0.2) is 23.8 Å². The van der Waals surface area contributed by atoms with Gasteiger partial charge < -0.3 is 4.74 Å². The second-order valence-electron chi connectivity index (χ2n) is 6.31. The Morgan fingerprint density at radius 1 is 1.31 bits per heavy atom. The van der Waals surface area contributed by atoms with E-state index in [9.17, 15) is 0 Å². The number of allylic oxidation sites excluding steroid dienone is 4. The number of epoxide rings is 1. The first-order chi connectivity index (χ1) is 7.41. The van der Waals surface area contributed by atoms with Crippen molar-refractivity contribution in [2.24, 2.45) is 5.41 Å². The van der Waals surface area contributed by atoms with E-state index in [1.165, 1.54) is 12.0 Å². The zero-order valence-electron chi connectivity index (χ0n) is 11.0. The minimum absolute atomic E-state index is 0.159. The van der Waals surface area contributed by atoms with Crippen LogP contribution in [-0.2, 0) is 4.74 Å². The van der Waals surface area contributed by atoms with Crippen molar-refractivity contribution < 1.29 is 4.74 Å². The van der Waals surface area contributed by atoms with Crippen LogP contribution in [0.2, 0.25) is 0 Å². The van der Waals surface area contributed by atoms with Crippen LogP contribution >= 0.6 is 0 Å². The molecular weight excluding hydrogens is 196 g/mol. The summed E-state index contributed by atoms with van der Waals surface area (Å²) in [6, 6.07) is 0. The van der Waals surface area contributed by atoms with Crippen LogP contribution in [-0.4, -0.2) is 11.7 Å². The molecule has 1 aliphatic carbocycles. The van der Waals surface area contributed by atoms with Gasteiger partial charge in [-0.25, -0.2) is 0 Å². The Morgan fingerprint density at radius 2 is 2.06 bits per heavy atom. The molecule has 1 heterocycles. The predicted molar refractivity (Wildman–Crippen MR) is 68.4 cm³/mol. The highest BCUT2D eigenvalue weighted by atomic mass is 16.6. The van der Waals surface area contributed by atoms with Crippen LogP contribution < -0.4 is 0 Å². The topological polar surface area (TPSA) is 12.5 Å². The van der Waals surface area contributed by atoms with E-state index in [0.29, 0.717) is 6.10 Å². The summed E-state index contributed by atoms with van der Waals surface area (Å²) < 4.78 is 5.88. The number of hydrogen-bond donors (Lipinski definition) is 0. The first-order valence-corrected chi connectivity index (χ1v) is 6.42. The third-order valence-corrected chi connectivity index (χ3v) is 3.89. The van der Waals surface area contributed by atoms with Crippen LogP contribution in [0.4, 0.5) is 0 Å². The number of rotatable bonds is 0. The van der Waals surface area contributed by atoms with Crippen molar-refractivity contribution in [2.75, 3.05) is 0 Å². The van der Waals surface area contributed by atoms with Gasteiger partial charge in [0.2, 0.25) is 0 Å². The monoisotopic (exact) mass is 220 g/mol. The molecule has 0 N–H and O–H groups in total. The molecule has 16 heavy (non-hydrogen) atoms. The van der Waals surface area contributed by atoms with Gasteiger partial charge in [-0.05, 0) is 44.9 Å². The molecule has 0 amide bonds. The Balaban J connectivity index is 2.11. The molecule has 0 radical (unpaired) electrons. The molecule has 2 rings (SSSR count). The average molecular weight is 220 g/mol. The molecule has 1 fully saturated rings. The summed E-state index contributed by atoms with van der Waals surface area (Å²) in [6.07, 6.45) is 12.1. The number of hydrogen-bond acceptors (Lipinski definition) is 1. The van der Waals surface area contributed by atoms with E-state index < -0.39 is 0 Å². The Morgan fingerprint density at radius 3 is 2.81 bits per heavy atom. The van der Waals surface area contributed by atoms with Gasteiger partial charge in [0.05, 0.1) is 11.7 Å². The summed E-state index contributed by atoms with van der Waals surface area (Å²) in [7, 11) is 0. The fourth-order valence-corrected chi connectivity index (χ4v) is 2.57. The van der Waals surface area contributed by atoms with Crippen LogP contribution in [0.3, 0.4) is 0 Å². The van der Waals surface area contributed by atoms with Crippen LogP contribution in [0, 0.1) is 5.41 Å². The lowest BCUT2D eigenvalue weighted by Crippen LogP contribution is -2.16. The zero-order chi connectivity index (χ0) is 11.8. The summed E-state index contributed by atoms with van der Waals surface area (Å²) in [6.45, 7) is 9.10. The van der Waals surface area contributed by atoms with E-state index in [4.69, 9.17) is 4.74 Å². The van der Waals surface area contributed by atoms with Crippen molar-refractivity contribution in [3.63, 3.8) is 0 Å². The van der Waals surface area contributed by atoms with Crippen molar-refractivity contribution in [1.29, 1.82) is 0 Å². The third-order valence-electron chi connectivity index (χ3n) is 3.89. The molecule has 2 atom stereocenters. The smallest absolute Gasteiger partial charge is 0.0923 e. The van der Waals surface area contributed by atoms with Gasteiger partial charge in [-0.1, -0.05) is 37.6 Å². The predicted octanol–water partition coefficient (Wildman–Crippen LogP) is 4.25. The Bertz CT molecular complexity index is 324. The lowest BCUT2D eigenvalue weighted by molar-refractivity contribution is 0.280. The highest BCUT2D eigenvalue weighted by molar-refractivity contribution is 5.12. The average Bonchev–Trinajstić information content (AvgIpc) is 2.73. The van der Waals surface area contributed by atoms with Crippen molar-refractivity contribution >= 4 is 0 Å². The second kappa shape index (κ2) is 4.03. The van der Waals surface area contributed by atoms with Gasteiger partial charge in [0.25, 0.3) is 0 Å². The maximum absolute atomic E-state index is 5.88. The fourth-order valence-electron chi connectivity index (χ4n) is 2.57. The first kappa shape index (κ1) is 11.9. The lowest BCUT2D eigenvalue weighted by Gasteiger charge is -2.19. The molecule has 0 unspecified atom stereocenters. The van der Waals surface area contributed by atoms with Gasteiger partial charge in [-0.2, -0.15) is 0 Å². The van der Waals surface area contributed by atoms with Crippen molar-refractivity contribution in [1.82, 2.24) is 0 Å². The van der Waals surface area contributed by atoms with E-state index >= 15 is 0 Å². The molecule has 0 aromatic rings. The SMILES string of the molecule is C/C1=C/CC[C@@]2(C)O[C@H]2CC(C)(C)/C=C/C1. The molecule has 1 heteroatoms. The van der Waals surface area contributed by atoms with Crippen LogP contribution in [0.5, 0.6) is 0 Å². The molecule has 0 spiro atoms. The molecule has 0 bridgehead atoms. The van der Waals surface area contributed by atoms with E-state index in [-0.39, 0.29) is 11.0 Å². The molecular formula is C15H24O. The summed E-state index contributed by atoms with van der Waals surface area (Å²) in [5, 5.41) is 0. The summed E-state index contributed by atoms with van der Waals surface area (Å²) in [5.41, 5.74) is 1.91. The largest absolute Gasteiger partial charge is 0.366 e. The lowest BCUT2D eigenvalue weighted by atomic mass is 9.84. The minimum atomic E-state index is 0.159. The molecule has 2 aliphatic rings. The zero-order valence-corrected chi connectivity index (χ0v) is 11.0. The summed E-state index contributed by atoms with van der Waals surface area (Å²) in [5.74, 6) is 0. The molecule has 90 valence electrons. The second-order valence-corrected chi connectivity index (χ2v) is 6.31. The number of fused-ring (bicyclic) bond motifs is 1. The van der Waals surface area contributed by atoms with Crippen LogP contribution in [0.25, 0.3) is 0 Å². The van der Waals surface area contributed by atoms with Gasteiger partial charge in [0.1, 0.15) is 0 Å². The molecule has 1 nitrogen and oxygen atoms in total. The van der Waals surface area contributed by atoms with Gasteiger partial charge in [-0.3, -0.25) is 0 Å². The van der Waals surface area contributed by atoms with Crippen molar-refractivity contribution in [2.45, 2.75) is 65.1 Å². The highest BCUT2D eigenvalue weighted by Crippen LogP contribution is 2.46. The minimum Gasteiger partial charge on any atom is -0.366 e. The van der Waals surface area contributed by atoms with Gasteiger partial charge in [0, 0.05) is 0 Å². The molecule has 1 saturated heterocycles. The van der Waals surface area contributed by atoms with Crippen molar-refractivity contribution in [3.05, 3.63) is 23.8 Å². The van der Waals surface area contributed by atoms with Crippen molar-refractivity contribution in [3.8, 4) is 0 Å². The summed E-state index contributed by atoms with van der Waals surface area (Å²) in [4.78, 5) is 0. The van der Waals surface area contributed by atoms with E-state index in [0.717, 1.165) is 19.3 Å². The molecule has 0 aromatic carbocycles. The quantitative estimate of drug-likeness (QED) is 0.439. The molecule has 1 aliphatic heterocycles. The highest BCUT2D eigenvalue weighted by Gasteiger charge is 2.52. The van der Waals surface area contributed by atoms with E-state index in [2.05, 4.69) is 45.9 Å². The van der Waals surface area contributed by atoms with E-state index in [1.54, 1.807) is 0 Å². The van der Waals surface area contributed by atoms with Gasteiger partial charge in [-0.15, -0.1) is 0 Å². The maximum Gasteiger partial charge on any atom is 0.0923 e. The van der Waals surface area contributed by atoms with Gasteiger partial charge in [0.15, 0.2) is 0 Å².